The first-order valence-corrected chi connectivity index (χ1v) is 9.22. The smallest absolute Gasteiger partial charge is 0.365 e. The van der Waals surface area contributed by atoms with Gasteiger partial charge in [-0.15, -0.1) is 0 Å². The number of hydrogen-bond acceptors (Lipinski definition) is 4. The van der Waals surface area contributed by atoms with Gasteiger partial charge in [-0.25, -0.2) is 8.42 Å². The minimum Gasteiger partial charge on any atom is -0.365 e. The van der Waals surface area contributed by atoms with Crippen LogP contribution in [0.25, 0.3) is 0 Å². The molecule has 6 nitrogen and oxygen atoms in total. The Bertz CT molecular complexity index is 1050. The molecule has 0 aliphatic carbocycles. The van der Waals surface area contributed by atoms with Crippen LogP contribution in [-0.4, -0.2) is 25.1 Å². The summed E-state index contributed by atoms with van der Waals surface area (Å²) >= 11 is 5.86. The van der Waals surface area contributed by atoms with Crippen molar-refractivity contribution in [1.29, 1.82) is 5.41 Å². The predicted octanol–water partition coefficient (Wildman–Crippen LogP) is 2.19. The second kappa shape index (κ2) is 6.76. The standard InChI is InChI=1S/C15H13ClF3N3O3S/c1-26(24,25)12-3-2-9(15(17,18)19)4-8(12)6-22-7-10(16)5-11(13(22)20)14(21)23/h2-5,7,20H,6H2,1H3,(H2,21,23). The van der Waals surface area contributed by atoms with Crippen molar-refractivity contribution < 1.29 is 26.4 Å². The van der Waals surface area contributed by atoms with Crippen molar-refractivity contribution >= 4 is 27.3 Å². The summed E-state index contributed by atoms with van der Waals surface area (Å²) in [7, 11) is -3.83. The molecule has 0 saturated heterocycles. The van der Waals surface area contributed by atoms with E-state index >= 15 is 0 Å². The van der Waals surface area contributed by atoms with Crippen molar-refractivity contribution in [3.63, 3.8) is 0 Å². The Labute approximate surface area is 151 Å². The normalized spacial score (nSPS) is 12.2. The van der Waals surface area contributed by atoms with Crippen molar-refractivity contribution in [1.82, 2.24) is 4.57 Å². The summed E-state index contributed by atoms with van der Waals surface area (Å²) in [4.78, 5) is 11.1. The van der Waals surface area contributed by atoms with E-state index in [0.29, 0.717) is 12.1 Å². The van der Waals surface area contributed by atoms with Crippen molar-refractivity contribution in [2.24, 2.45) is 5.73 Å². The minimum absolute atomic E-state index is 0.0164. The summed E-state index contributed by atoms with van der Waals surface area (Å²) < 4.78 is 63.8. The fourth-order valence-corrected chi connectivity index (χ4v) is 3.49. The van der Waals surface area contributed by atoms with Crippen LogP contribution in [0.2, 0.25) is 5.02 Å². The maximum atomic E-state index is 13.0. The molecule has 1 heterocycles. The number of sulfone groups is 1. The zero-order valence-corrected chi connectivity index (χ0v) is 14.8. The molecule has 0 atom stereocenters. The number of aromatic nitrogens is 1. The van der Waals surface area contributed by atoms with Crippen LogP contribution < -0.4 is 11.2 Å². The molecule has 11 heteroatoms. The quantitative estimate of drug-likeness (QED) is 0.811. The highest BCUT2D eigenvalue weighted by Crippen LogP contribution is 2.32. The first-order valence-electron chi connectivity index (χ1n) is 6.95. The van der Waals surface area contributed by atoms with Crippen LogP contribution in [0.3, 0.4) is 0 Å². The fraction of sp³-hybridized carbons (Fsp3) is 0.200. The number of rotatable bonds is 4. The second-order valence-electron chi connectivity index (χ2n) is 5.51. The van der Waals surface area contributed by atoms with E-state index < -0.39 is 39.5 Å². The van der Waals surface area contributed by atoms with Crippen LogP contribution in [0, 0.1) is 5.41 Å². The number of nitrogens with zero attached hydrogens (tertiary/aromatic N) is 1. The van der Waals surface area contributed by atoms with Crippen molar-refractivity contribution in [2.75, 3.05) is 6.26 Å². The van der Waals surface area contributed by atoms with E-state index in [1.54, 1.807) is 0 Å². The summed E-state index contributed by atoms with van der Waals surface area (Å²) in [6.45, 7) is -0.425. The summed E-state index contributed by atoms with van der Waals surface area (Å²) in [6, 6.07) is 3.36. The van der Waals surface area contributed by atoms with E-state index in [1.807, 2.05) is 0 Å². The molecule has 1 aromatic heterocycles. The van der Waals surface area contributed by atoms with Gasteiger partial charge in [-0.05, 0) is 29.8 Å². The molecule has 2 aromatic rings. The van der Waals surface area contributed by atoms with Gasteiger partial charge in [0.15, 0.2) is 9.84 Å². The highest BCUT2D eigenvalue weighted by molar-refractivity contribution is 7.90. The van der Waals surface area contributed by atoms with Gasteiger partial charge in [0.2, 0.25) is 0 Å². The highest BCUT2D eigenvalue weighted by Gasteiger charge is 2.31. The molecule has 0 saturated carbocycles. The van der Waals surface area contributed by atoms with Crippen LogP contribution >= 0.6 is 11.6 Å². The Morgan fingerprint density at radius 2 is 1.92 bits per heavy atom. The Morgan fingerprint density at radius 3 is 2.42 bits per heavy atom. The number of nitrogens with one attached hydrogen (secondary N) is 1. The molecular formula is C15H13ClF3N3O3S. The van der Waals surface area contributed by atoms with E-state index in [0.717, 1.165) is 23.0 Å². The van der Waals surface area contributed by atoms with E-state index in [4.69, 9.17) is 22.7 Å². The van der Waals surface area contributed by atoms with Gasteiger partial charge in [-0.1, -0.05) is 11.6 Å². The first kappa shape index (κ1) is 20.0. The van der Waals surface area contributed by atoms with Crippen LogP contribution in [0.5, 0.6) is 0 Å². The molecule has 3 N–H and O–H groups in total. The molecule has 0 fully saturated rings. The highest BCUT2D eigenvalue weighted by atomic mass is 35.5. The minimum atomic E-state index is -4.67. The average Bonchev–Trinajstić information content (AvgIpc) is 2.48. The zero-order chi connectivity index (χ0) is 19.9. The Hall–Kier alpha value is -2.33. The monoisotopic (exact) mass is 407 g/mol. The Kier molecular flexibility index (Phi) is 5.20. The second-order valence-corrected chi connectivity index (χ2v) is 7.93. The molecule has 0 aliphatic heterocycles. The largest absolute Gasteiger partial charge is 0.416 e. The number of hydrogen-bond donors (Lipinski definition) is 2. The number of benzene rings is 1. The number of alkyl halides is 3. The molecule has 26 heavy (non-hydrogen) atoms. The fourth-order valence-electron chi connectivity index (χ4n) is 2.35. The Morgan fingerprint density at radius 1 is 1.31 bits per heavy atom. The van der Waals surface area contributed by atoms with Crippen molar-refractivity contribution in [2.45, 2.75) is 17.6 Å². The molecule has 0 spiro atoms. The van der Waals surface area contributed by atoms with Crippen molar-refractivity contribution in [3.8, 4) is 0 Å². The summed E-state index contributed by atoms with van der Waals surface area (Å²) in [5, 5.41) is 7.97. The number of halogens is 4. The third-order valence-corrected chi connectivity index (χ3v) is 4.90. The lowest BCUT2D eigenvalue weighted by atomic mass is 10.1. The van der Waals surface area contributed by atoms with Crippen LogP contribution in [0.15, 0.2) is 35.4 Å². The number of nitrogens with two attached hydrogens (primary N) is 1. The van der Waals surface area contributed by atoms with Gasteiger partial charge >= 0.3 is 6.18 Å². The molecule has 0 aliphatic rings. The molecule has 0 unspecified atom stereocenters. The SMILES string of the molecule is CS(=O)(=O)c1ccc(C(F)(F)F)cc1Cn1cc(Cl)cc(C(N)=O)c1=N. The molecule has 0 bridgehead atoms. The van der Waals surface area contributed by atoms with Crippen LogP contribution in [0.1, 0.15) is 21.5 Å². The van der Waals surface area contributed by atoms with Crippen LogP contribution in [-0.2, 0) is 22.6 Å². The summed E-state index contributed by atoms with van der Waals surface area (Å²) in [5.74, 6) is -0.946. The molecule has 1 amide bonds. The maximum absolute atomic E-state index is 13.0. The maximum Gasteiger partial charge on any atom is 0.416 e. The number of pyridine rings is 1. The van der Waals surface area contributed by atoms with E-state index in [9.17, 15) is 26.4 Å². The van der Waals surface area contributed by atoms with E-state index in [2.05, 4.69) is 0 Å². The summed E-state index contributed by atoms with van der Waals surface area (Å²) in [6.07, 6.45) is -2.62. The molecule has 140 valence electrons. The average molecular weight is 408 g/mol. The van der Waals surface area contributed by atoms with Gasteiger partial charge in [0, 0.05) is 12.5 Å². The van der Waals surface area contributed by atoms with E-state index in [-0.39, 0.29) is 21.0 Å². The number of primary amides is 1. The lowest BCUT2D eigenvalue weighted by Crippen LogP contribution is -2.30. The Balaban J connectivity index is 2.69. The molecule has 1 aromatic carbocycles. The van der Waals surface area contributed by atoms with Gasteiger partial charge < -0.3 is 10.3 Å². The lowest BCUT2D eigenvalue weighted by Gasteiger charge is -2.15. The molecule has 0 radical (unpaired) electrons. The van der Waals surface area contributed by atoms with Gasteiger partial charge in [0.05, 0.1) is 27.6 Å². The van der Waals surface area contributed by atoms with E-state index in [1.165, 1.54) is 6.20 Å². The predicted molar refractivity (Wildman–Crippen MR) is 87.5 cm³/mol. The zero-order valence-electron chi connectivity index (χ0n) is 13.3. The number of carbonyl (C=O) groups is 1. The van der Waals surface area contributed by atoms with Crippen LogP contribution in [0.4, 0.5) is 13.2 Å². The number of carbonyl (C=O) groups excluding carboxylic acids is 1. The van der Waals surface area contributed by atoms with Gasteiger partial charge in [0.1, 0.15) is 5.49 Å². The third kappa shape index (κ3) is 4.25. The first-order chi connectivity index (χ1) is 11.8. The topological polar surface area (TPSA) is 106 Å². The molecule has 2 rings (SSSR count). The lowest BCUT2D eigenvalue weighted by molar-refractivity contribution is -0.137. The van der Waals surface area contributed by atoms with Gasteiger partial charge in [-0.3, -0.25) is 10.2 Å². The van der Waals surface area contributed by atoms with Crippen molar-refractivity contribution in [3.05, 3.63) is 57.7 Å². The van der Waals surface area contributed by atoms with Gasteiger partial charge in [0.25, 0.3) is 5.91 Å². The number of amides is 1. The third-order valence-electron chi connectivity index (χ3n) is 3.50. The summed E-state index contributed by atoms with van der Waals surface area (Å²) in [5.41, 5.74) is 3.27. The molecular weight excluding hydrogens is 395 g/mol. The van der Waals surface area contributed by atoms with Gasteiger partial charge in [-0.2, -0.15) is 13.2 Å².